The van der Waals surface area contributed by atoms with Crippen LogP contribution in [-0.2, 0) is 6.54 Å². The van der Waals surface area contributed by atoms with Crippen LogP contribution in [0.2, 0.25) is 0 Å². The Hall–Kier alpha value is -4.45. The summed E-state index contributed by atoms with van der Waals surface area (Å²) in [4.78, 5) is 27.2. The SMILES string of the molecule is CCOc1cc(C=C(C#N)C(=O)c2ccccc2)ccc1OCCn1c([N+](=O)[O-])cnc1C. The van der Waals surface area contributed by atoms with Crippen LogP contribution in [0.4, 0.5) is 5.82 Å². The smallest absolute Gasteiger partial charge is 0.342 e. The van der Waals surface area contributed by atoms with Gasteiger partial charge < -0.3 is 19.6 Å². The Bertz CT molecular complexity index is 1230. The largest absolute Gasteiger partial charge is 0.490 e. The third-order valence-corrected chi connectivity index (χ3v) is 4.77. The lowest BCUT2D eigenvalue weighted by Crippen LogP contribution is -2.12. The Kier molecular flexibility index (Phi) is 7.55. The van der Waals surface area contributed by atoms with E-state index in [2.05, 4.69) is 4.98 Å². The van der Waals surface area contributed by atoms with Crippen molar-refractivity contribution in [1.29, 1.82) is 5.26 Å². The first kappa shape index (κ1) is 23.2. The van der Waals surface area contributed by atoms with Crippen LogP contribution in [-0.4, -0.2) is 33.5 Å². The summed E-state index contributed by atoms with van der Waals surface area (Å²) >= 11 is 0. The van der Waals surface area contributed by atoms with E-state index < -0.39 is 4.92 Å². The molecule has 0 radical (unpaired) electrons. The lowest BCUT2D eigenvalue weighted by molar-refractivity contribution is -0.392. The van der Waals surface area contributed by atoms with Gasteiger partial charge in [-0.1, -0.05) is 36.4 Å². The highest BCUT2D eigenvalue weighted by Gasteiger charge is 2.18. The van der Waals surface area contributed by atoms with Gasteiger partial charge in [-0.25, -0.2) is 9.55 Å². The molecule has 0 fully saturated rings. The maximum Gasteiger partial charge on any atom is 0.342 e. The number of ketones is 1. The molecule has 0 atom stereocenters. The summed E-state index contributed by atoms with van der Waals surface area (Å²) in [6.07, 6.45) is 2.71. The van der Waals surface area contributed by atoms with Gasteiger partial charge in [0.15, 0.2) is 17.3 Å². The second-order valence-electron chi connectivity index (χ2n) is 6.92. The van der Waals surface area contributed by atoms with Gasteiger partial charge in [-0.15, -0.1) is 0 Å². The number of ether oxygens (including phenoxy) is 2. The summed E-state index contributed by atoms with van der Waals surface area (Å²) in [5.74, 6) is 0.931. The lowest BCUT2D eigenvalue weighted by atomic mass is 10.0. The lowest BCUT2D eigenvalue weighted by Gasteiger charge is -2.12. The summed E-state index contributed by atoms with van der Waals surface area (Å²) in [7, 11) is 0. The molecular weight excluding hydrogens is 424 g/mol. The molecule has 0 amide bonds. The van der Waals surface area contributed by atoms with Gasteiger partial charge in [-0.05, 0) is 35.6 Å². The van der Waals surface area contributed by atoms with E-state index in [0.29, 0.717) is 35.1 Å². The van der Waals surface area contributed by atoms with E-state index in [-0.39, 0.29) is 30.3 Å². The minimum absolute atomic E-state index is 0.000194. The zero-order valence-corrected chi connectivity index (χ0v) is 18.2. The van der Waals surface area contributed by atoms with Crippen molar-refractivity contribution in [2.75, 3.05) is 13.2 Å². The van der Waals surface area contributed by atoms with Crippen molar-refractivity contribution < 1.29 is 19.2 Å². The zero-order chi connectivity index (χ0) is 23.8. The molecule has 1 heterocycles. The first-order valence-corrected chi connectivity index (χ1v) is 10.2. The third kappa shape index (κ3) is 5.62. The molecule has 1 aromatic heterocycles. The van der Waals surface area contributed by atoms with Crippen LogP contribution >= 0.6 is 0 Å². The molecular formula is C24H22N4O5. The van der Waals surface area contributed by atoms with E-state index in [0.717, 1.165) is 0 Å². The number of benzene rings is 2. The number of nitro groups is 1. The van der Waals surface area contributed by atoms with Crippen molar-refractivity contribution in [3.8, 4) is 17.6 Å². The van der Waals surface area contributed by atoms with Crippen LogP contribution in [0.5, 0.6) is 11.5 Å². The van der Waals surface area contributed by atoms with Gasteiger partial charge in [0.05, 0.1) is 6.61 Å². The van der Waals surface area contributed by atoms with Gasteiger partial charge in [0.25, 0.3) is 0 Å². The molecule has 9 nitrogen and oxygen atoms in total. The number of aryl methyl sites for hydroxylation is 1. The minimum atomic E-state index is -0.490. The van der Waals surface area contributed by atoms with E-state index in [1.807, 2.05) is 13.0 Å². The molecule has 0 aliphatic carbocycles. The van der Waals surface area contributed by atoms with E-state index in [9.17, 15) is 20.2 Å². The van der Waals surface area contributed by atoms with Gasteiger partial charge in [-0.2, -0.15) is 5.26 Å². The van der Waals surface area contributed by atoms with Crippen LogP contribution < -0.4 is 9.47 Å². The number of allylic oxidation sites excluding steroid dienone is 1. The Morgan fingerprint density at radius 3 is 2.64 bits per heavy atom. The second kappa shape index (κ2) is 10.7. The number of nitrogens with zero attached hydrogens (tertiary/aromatic N) is 4. The number of hydrogen-bond acceptors (Lipinski definition) is 7. The monoisotopic (exact) mass is 446 g/mol. The number of aromatic nitrogens is 2. The van der Waals surface area contributed by atoms with Crippen LogP contribution in [0.3, 0.4) is 0 Å². The van der Waals surface area contributed by atoms with Gasteiger partial charge in [0.2, 0.25) is 5.78 Å². The molecule has 3 rings (SSSR count). The molecule has 0 N–H and O–H groups in total. The van der Waals surface area contributed by atoms with Crippen molar-refractivity contribution in [3.05, 3.63) is 87.4 Å². The van der Waals surface area contributed by atoms with Crippen LogP contribution in [0.25, 0.3) is 6.08 Å². The predicted molar refractivity (Wildman–Crippen MR) is 121 cm³/mol. The standard InChI is InChI=1S/C24H22N4O5/c1-3-32-22-14-18(13-20(15-25)24(29)19-7-5-4-6-8-19)9-10-21(22)33-12-11-27-17(2)26-16-23(27)28(30)31/h4-10,13-14,16H,3,11-12H2,1-2H3. The van der Waals surface area contributed by atoms with Crippen LogP contribution in [0.15, 0.2) is 60.3 Å². The highest BCUT2D eigenvalue weighted by Crippen LogP contribution is 2.30. The quantitative estimate of drug-likeness (QED) is 0.149. The fourth-order valence-electron chi connectivity index (χ4n) is 3.19. The molecule has 33 heavy (non-hydrogen) atoms. The average molecular weight is 446 g/mol. The molecule has 0 unspecified atom stereocenters. The van der Waals surface area contributed by atoms with Gasteiger partial charge in [0.1, 0.15) is 31.0 Å². The number of Topliss-reactive ketones (excluding diaryl/α,β-unsaturated/α-hetero) is 1. The molecule has 0 aliphatic rings. The molecule has 2 aromatic carbocycles. The van der Waals surface area contributed by atoms with E-state index >= 15 is 0 Å². The van der Waals surface area contributed by atoms with Crippen molar-refractivity contribution in [3.63, 3.8) is 0 Å². The first-order valence-electron chi connectivity index (χ1n) is 10.2. The Labute approximate surface area is 190 Å². The first-order chi connectivity index (χ1) is 15.9. The fraction of sp³-hybridized carbons (Fsp3) is 0.208. The summed E-state index contributed by atoms with van der Waals surface area (Å²) < 4.78 is 12.9. The Balaban J connectivity index is 1.78. The molecule has 168 valence electrons. The second-order valence-corrected chi connectivity index (χ2v) is 6.92. The van der Waals surface area contributed by atoms with Crippen molar-refractivity contribution in [2.24, 2.45) is 0 Å². The summed E-state index contributed by atoms with van der Waals surface area (Å²) in [5.41, 5.74) is 1.03. The maximum atomic E-state index is 12.6. The number of carbonyl (C=O) groups is 1. The predicted octanol–water partition coefficient (Wildman–Crippen LogP) is 4.37. The number of imidazole rings is 1. The van der Waals surface area contributed by atoms with E-state index in [4.69, 9.17) is 9.47 Å². The molecule has 9 heteroatoms. The molecule has 3 aromatic rings. The van der Waals surface area contributed by atoms with Crippen molar-refractivity contribution in [1.82, 2.24) is 9.55 Å². The summed E-state index contributed by atoms with van der Waals surface area (Å²) in [5, 5.41) is 20.6. The van der Waals surface area contributed by atoms with Gasteiger partial charge >= 0.3 is 5.82 Å². The molecule has 0 saturated heterocycles. The average Bonchev–Trinajstić information content (AvgIpc) is 3.19. The zero-order valence-electron chi connectivity index (χ0n) is 18.2. The highest BCUT2D eigenvalue weighted by atomic mass is 16.6. The molecule has 0 aliphatic heterocycles. The van der Waals surface area contributed by atoms with Crippen molar-refractivity contribution in [2.45, 2.75) is 20.4 Å². The highest BCUT2D eigenvalue weighted by molar-refractivity contribution is 6.14. The van der Waals surface area contributed by atoms with Crippen molar-refractivity contribution >= 4 is 17.7 Å². The fourth-order valence-corrected chi connectivity index (χ4v) is 3.19. The van der Waals surface area contributed by atoms with Gasteiger partial charge in [-0.3, -0.25) is 4.79 Å². The van der Waals surface area contributed by atoms with E-state index in [1.165, 1.54) is 16.8 Å². The van der Waals surface area contributed by atoms with E-state index in [1.54, 1.807) is 55.5 Å². The number of carbonyl (C=O) groups excluding carboxylic acids is 1. The third-order valence-electron chi connectivity index (χ3n) is 4.77. The summed E-state index contributed by atoms with van der Waals surface area (Å²) in [6, 6.07) is 15.6. The van der Waals surface area contributed by atoms with Crippen LogP contribution in [0, 0.1) is 28.4 Å². The topological polar surface area (TPSA) is 120 Å². The Morgan fingerprint density at radius 1 is 1.21 bits per heavy atom. The minimum Gasteiger partial charge on any atom is -0.490 e. The van der Waals surface area contributed by atoms with Crippen LogP contribution in [0.1, 0.15) is 28.7 Å². The normalized spacial score (nSPS) is 11.0. The molecule has 0 bridgehead atoms. The van der Waals surface area contributed by atoms with Gasteiger partial charge in [0, 0.05) is 12.5 Å². The number of hydrogen-bond donors (Lipinski definition) is 0. The Morgan fingerprint density at radius 2 is 1.97 bits per heavy atom. The maximum absolute atomic E-state index is 12.6. The number of nitriles is 1. The molecule has 0 saturated carbocycles. The summed E-state index contributed by atoms with van der Waals surface area (Å²) in [6.45, 7) is 4.28. The number of rotatable bonds is 10. The molecule has 0 spiro atoms.